The number of thiophene rings is 1. The number of para-hydroxylation sites is 1. The number of hydrogen-bond donors (Lipinski definition) is 1. The first kappa shape index (κ1) is 14.9. The quantitative estimate of drug-likeness (QED) is 0.543. The van der Waals surface area contributed by atoms with Gasteiger partial charge in [0.05, 0.1) is 15.7 Å². The lowest BCUT2D eigenvalue weighted by Gasteiger charge is -2.08. The van der Waals surface area contributed by atoms with Gasteiger partial charge >= 0.3 is 0 Å². The van der Waals surface area contributed by atoms with Crippen LogP contribution in [0.25, 0.3) is 10.1 Å². The van der Waals surface area contributed by atoms with Crippen LogP contribution in [-0.2, 0) is 0 Å². The van der Waals surface area contributed by atoms with Gasteiger partial charge in [0.15, 0.2) is 0 Å². The lowest BCUT2D eigenvalue weighted by atomic mass is 10.2. The second-order valence-corrected chi connectivity index (χ2v) is 6.95. The summed E-state index contributed by atoms with van der Waals surface area (Å²) in [5.74, 6) is -0.238. The Morgan fingerprint density at radius 1 is 1.05 bits per heavy atom. The summed E-state index contributed by atoms with van der Waals surface area (Å²) in [6, 6.07) is 12.9. The Hall–Kier alpha value is -1.07. The summed E-state index contributed by atoms with van der Waals surface area (Å²) in [5.41, 5.74) is 0.426. The van der Waals surface area contributed by atoms with E-state index in [0.717, 1.165) is 14.6 Å². The number of hydrogen-bond acceptors (Lipinski definition) is 2. The molecule has 0 radical (unpaired) electrons. The predicted molar refractivity (Wildman–Crippen MR) is 93.9 cm³/mol. The first-order chi connectivity index (χ1) is 10.1. The molecule has 0 aliphatic rings. The van der Waals surface area contributed by atoms with Crippen LogP contribution in [0.4, 0.5) is 5.69 Å². The van der Waals surface area contributed by atoms with Gasteiger partial charge in [0.2, 0.25) is 0 Å². The molecule has 1 heterocycles. The standard InChI is InChI=1S/C15H8BrCl2NOS/c16-12-8-4-1-2-7-11(8)21-14(12)15(20)19-13-9(17)5-3-6-10(13)18/h1-7H,(H,19,20). The van der Waals surface area contributed by atoms with Crippen LogP contribution in [0.3, 0.4) is 0 Å². The lowest BCUT2D eigenvalue weighted by molar-refractivity contribution is 0.103. The summed E-state index contributed by atoms with van der Waals surface area (Å²) in [4.78, 5) is 13.1. The van der Waals surface area contributed by atoms with Crippen molar-refractivity contribution in [2.24, 2.45) is 0 Å². The molecule has 2 nitrogen and oxygen atoms in total. The molecule has 0 bridgehead atoms. The number of fused-ring (bicyclic) bond motifs is 1. The van der Waals surface area contributed by atoms with Gasteiger partial charge in [-0.05, 0) is 34.1 Å². The molecule has 1 aromatic heterocycles. The second kappa shape index (κ2) is 5.97. The molecule has 2 aromatic carbocycles. The molecule has 0 unspecified atom stereocenters. The molecule has 21 heavy (non-hydrogen) atoms. The number of benzene rings is 2. The monoisotopic (exact) mass is 399 g/mol. The molecule has 106 valence electrons. The zero-order chi connectivity index (χ0) is 15.0. The number of carbonyl (C=O) groups excluding carboxylic acids is 1. The molecule has 0 fully saturated rings. The Morgan fingerprint density at radius 2 is 1.71 bits per heavy atom. The maximum Gasteiger partial charge on any atom is 0.267 e. The molecule has 0 aliphatic carbocycles. The third-order valence-corrected chi connectivity index (χ3v) is 5.83. The third kappa shape index (κ3) is 2.81. The molecular weight excluding hydrogens is 393 g/mol. The molecule has 0 aliphatic heterocycles. The van der Waals surface area contributed by atoms with Crippen molar-refractivity contribution in [2.45, 2.75) is 0 Å². The average molecular weight is 401 g/mol. The van der Waals surface area contributed by atoms with Gasteiger partial charge in [-0.3, -0.25) is 4.79 Å². The van der Waals surface area contributed by atoms with Crippen LogP contribution in [0, 0.1) is 0 Å². The summed E-state index contributed by atoms with van der Waals surface area (Å²) in [7, 11) is 0. The number of amides is 1. The zero-order valence-corrected chi connectivity index (χ0v) is 14.4. The van der Waals surface area contributed by atoms with Gasteiger partial charge in [-0.15, -0.1) is 11.3 Å². The van der Waals surface area contributed by atoms with Gasteiger partial charge in [-0.1, -0.05) is 47.5 Å². The van der Waals surface area contributed by atoms with Crippen LogP contribution in [-0.4, -0.2) is 5.91 Å². The number of nitrogens with one attached hydrogen (secondary N) is 1. The van der Waals surface area contributed by atoms with Crippen LogP contribution >= 0.6 is 50.5 Å². The van der Waals surface area contributed by atoms with Gasteiger partial charge < -0.3 is 5.32 Å². The first-order valence-electron chi connectivity index (χ1n) is 6.00. The minimum Gasteiger partial charge on any atom is -0.319 e. The van der Waals surface area contributed by atoms with E-state index in [1.807, 2.05) is 24.3 Å². The van der Waals surface area contributed by atoms with Gasteiger partial charge in [0, 0.05) is 14.6 Å². The largest absolute Gasteiger partial charge is 0.319 e. The molecule has 3 aromatic rings. The smallest absolute Gasteiger partial charge is 0.267 e. The van der Waals surface area contributed by atoms with Gasteiger partial charge in [-0.2, -0.15) is 0 Å². The molecule has 0 saturated heterocycles. The molecule has 0 spiro atoms. The highest BCUT2D eigenvalue weighted by Gasteiger charge is 2.18. The van der Waals surface area contributed by atoms with Crippen molar-refractivity contribution in [1.29, 1.82) is 0 Å². The number of anilines is 1. The Balaban J connectivity index is 2.00. The van der Waals surface area contributed by atoms with E-state index >= 15 is 0 Å². The second-order valence-electron chi connectivity index (χ2n) is 4.29. The highest BCUT2D eigenvalue weighted by molar-refractivity contribution is 9.10. The maximum atomic E-state index is 12.5. The van der Waals surface area contributed by atoms with E-state index in [4.69, 9.17) is 23.2 Å². The molecule has 0 atom stereocenters. The minimum absolute atomic E-state index is 0.238. The fourth-order valence-corrected chi connectivity index (χ4v) is 4.33. The fraction of sp³-hybridized carbons (Fsp3) is 0. The molecule has 3 rings (SSSR count). The van der Waals surface area contributed by atoms with Crippen LogP contribution in [0.5, 0.6) is 0 Å². The summed E-state index contributed by atoms with van der Waals surface area (Å²) in [6.07, 6.45) is 0. The number of rotatable bonds is 2. The molecule has 0 saturated carbocycles. The Bertz CT molecular complexity index is 827. The van der Waals surface area contributed by atoms with E-state index in [9.17, 15) is 4.79 Å². The fourth-order valence-electron chi connectivity index (χ4n) is 1.95. The first-order valence-corrected chi connectivity index (χ1v) is 8.37. The van der Waals surface area contributed by atoms with Crippen molar-refractivity contribution in [2.75, 3.05) is 5.32 Å². The Morgan fingerprint density at radius 3 is 2.38 bits per heavy atom. The normalized spacial score (nSPS) is 10.8. The SMILES string of the molecule is O=C(Nc1c(Cl)cccc1Cl)c1sc2ccccc2c1Br. The van der Waals surface area contributed by atoms with Crippen LogP contribution < -0.4 is 5.32 Å². The number of carbonyl (C=O) groups is 1. The number of halogens is 3. The summed E-state index contributed by atoms with van der Waals surface area (Å²) >= 11 is 17.0. The van der Waals surface area contributed by atoms with Crippen molar-refractivity contribution in [3.05, 3.63) is 61.9 Å². The van der Waals surface area contributed by atoms with E-state index in [2.05, 4.69) is 21.2 Å². The maximum absolute atomic E-state index is 12.5. The average Bonchev–Trinajstić information content (AvgIpc) is 2.81. The molecule has 6 heteroatoms. The zero-order valence-electron chi connectivity index (χ0n) is 10.5. The van der Waals surface area contributed by atoms with E-state index in [-0.39, 0.29) is 5.91 Å². The van der Waals surface area contributed by atoms with Crippen molar-refractivity contribution in [3.8, 4) is 0 Å². The van der Waals surface area contributed by atoms with E-state index in [0.29, 0.717) is 20.6 Å². The minimum atomic E-state index is -0.238. The van der Waals surface area contributed by atoms with Crippen molar-refractivity contribution >= 4 is 72.1 Å². The Kier molecular flexibility index (Phi) is 4.22. The van der Waals surface area contributed by atoms with Gasteiger partial charge in [0.25, 0.3) is 5.91 Å². The van der Waals surface area contributed by atoms with Crippen LogP contribution in [0.2, 0.25) is 10.0 Å². The summed E-state index contributed by atoms with van der Waals surface area (Å²) in [6.45, 7) is 0. The highest BCUT2D eigenvalue weighted by atomic mass is 79.9. The van der Waals surface area contributed by atoms with E-state index in [1.54, 1.807) is 18.2 Å². The predicted octanol–water partition coefficient (Wildman–Crippen LogP) is 6.22. The molecular formula is C15H8BrCl2NOS. The molecule has 1 N–H and O–H groups in total. The topological polar surface area (TPSA) is 29.1 Å². The van der Waals surface area contributed by atoms with Crippen molar-refractivity contribution in [1.82, 2.24) is 0 Å². The van der Waals surface area contributed by atoms with Crippen LogP contribution in [0.1, 0.15) is 9.67 Å². The molecule has 1 amide bonds. The summed E-state index contributed by atoms with van der Waals surface area (Å²) < 4.78 is 1.82. The Labute approximate surface area is 143 Å². The lowest BCUT2D eigenvalue weighted by Crippen LogP contribution is -2.11. The van der Waals surface area contributed by atoms with Crippen LogP contribution in [0.15, 0.2) is 46.9 Å². The van der Waals surface area contributed by atoms with Gasteiger partial charge in [-0.25, -0.2) is 0 Å². The summed E-state index contributed by atoms with van der Waals surface area (Å²) in [5, 5.41) is 4.61. The van der Waals surface area contributed by atoms with Gasteiger partial charge in [0.1, 0.15) is 4.88 Å². The highest BCUT2D eigenvalue weighted by Crippen LogP contribution is 2.37. The van der Waals surface area contributed by atoms with E-state index in [1.165, 1.54) is 11.3 Å². The van der Waals surface area contributed by atoms with Crippen molar-refractivity contribution < 1.29 is 4.79 Å². The third-order valence-electron chi connectivity index (χ3n) is 2.94. The van der Waals surface area contributed by atoms with E-state index < -0.39 is 0 Å². The van der Waals surface area contributed by atoms with Crippen molar-refractivity contribution in [3.63, 3.8) is 0 Å².